The van der Waals surface area contributed by atoms with Crippen molar-refractivity contribution in [1.29, 1.82) is 0 Å². The van der Waals surface area contributed by atoms with Crippen LogP contribution in [0.5, 0.6) is 5.75 Å². The number of aliphatic hydroxyl groups is 1. The van der Waals surface area contributed by atoms with Gasteiger partial charge in [0.05, 0.1) is 6.04 Å². The topological polar surface area (TPSA) is 78.8 Å². The molecule has 0 spiro atoms. The third kappa shape index (κ3) is 6.13. The first-order valence-corrected chi connectivity index (χ1v) is 12.2. The van der Waals surface area contributed by atoms with Crippen LogP contribution in [0.25, 0.3) is 6.08 Å². The van der Waals surface area contributed by atoms with E-state index in [0.717, 1.165) is 71.9 Å². The molecule has 1 aromatic carbocycles. The molecule has 3 unspecified atom stereocenters. The molecule has 1 fully saturated rings. The van der Waals surface area contributed by atoms with Gasteiger partial charge in [0.25, 0.3) is 0 Å². The van der Waals surface area contributed by atoms with E-state index in [4.69, 9.17) is 10.7 Å². The third-order valence-corrected chi connectivity index (χ3v) is 6.60. The number of allylic oxidation sites excluding steroid dienone is 3. The van der Waals surface area contributed by atoms with Crippen molar-refractivity contribution in [3.63, 3.8) is 0 Å². The van der Waals surface area contributed by atoms with Gasteiger partial charge in [0.1, 0.15) is 11.9 Å². The fourth-order valence-electron chi connectivity index (χ4n) is 4.70. The minimum Gasteiger partial charge on any atom is -0.507 e. The van der Waals surface area contributed by atoms with E-state index in [1.807, 2.05) is 30.4 Å². The van der Waals surface area contributed by atoms with Crippen LogP contribution in [0.1, 0.15) is 77.3 Å². The lowest BCUT2D eigenvalue weighted by Gasteiger charge is -2.29. The van der Waals surface area contributed by atoms with Gasteiger partial charge in [-0.3, -0.25) is 4.99 Å². The summed E-state index contributed by atoms with van der Waals surface area (Å²) in [4.78, 5) is 4.87. The van der Waals surface area contributed by atoms with Crippen molar-refractivity contribution in [3.05, 3.63) is 70.3 Å². The highest BCUT2D eigenvalue weighted by Crippen LogP contribution is 2.36. The maximum atomic E-state index is 10.9. The Bertz CT molecular complexity index is 991. The number of para-hydroxylation sites is 1. The molecule has 3 atom stereocenters. The van der Waals surface area contributed by atoms with Gasteiger partial charge in [0, 0.05) is 23.4 Å². The summed E-state index contributed by atoms with van der Waals surface area (Å²) in [7, 11) is 0. The van der Waals surface area contributed by atoms with Gasteiger partial charge in [-0.25, -0.2) is 0 Å². The maximum Gasteiger partial charge on any atom is 0.126 e. The Morgan fingerprint density at radius 2 is 2.00 bits per heavy atom. The molecule has 0 radical (unpaired) electrons. The largest absolute Gasteiger partial charge is 0.507 e. The fourth-order valence-corrected chi connectivity index (χ4v) is 4.70. The zero-order valence-electron chi connectivity index (χ0n) is 20.6. The molecule has 1 saturated carbocycles. The molecule has 178 valence electrons. The number of phenolic OH excluding ortho intramolecular Hbond substituents is 1. The van der Waals surface area contributed by atoms with Crippen LogP contribution in [0.2, 0.25) is 0 Å². The molecule has 0 bridgehead atoms. The van der Waals surface area contributed by atoms with Crippen LogP contribution >= 0.6 is 0 Å². The molecular weight excluding hydrogens is 408 g/mol. The predicted octanol–water partition coefficient (Wildman–Crippen LogP) is 6.00. The van der Waals surface area contributed by atoms with Crippen molar-refractivity contribution in [1.82, 2.24) is 0 Å². The molecular formula is C29H40N2O2. The minimum atomic E-state index is -0.648. The number of hydrogen-bond donors (Lipinski definition) is 3. The number of aliphatic imine (C=N–C) groups is 1. The Morgan fingerprint density at radius 1 is 1.24 bits per heavy atom. The molecule has 4 nitrogen and oxygen atoms in total. The second kappa shape index (κ2) is 10.7. The van der Waals surface area contributed by atoms with Crippen molar-refractivity contribution in [2.45, 2.75) is 89.8 Å². The van der Waals surface area contributed by atoms with Gasteiger partial charge in [-0.05, 0) is 72.0 Å². The van der Waals surface area contributed by atoms with Gasteiger partial charge >= 0.3 is 0 Å². The fraction of sp³-hybridized carbons (Fsp3) is 0.483. The quantitative estimate of drug-likeness (QED) is 0.467. The molecule has 0 saturated heterocycles. The number of phenols is 1. The van der Waals surface area contributed by atoms with E-state index in [1.54, 1.807) is 6.21 Å². The lowest BCUT2D eigenvalue weighted by molar-refractivity contribution is 0.247. The number of nitrogens with zero attached hydrogens (tertiary/aromatic N) is 1. The second-order valence-electron chi connectivity index (χ2n) is 10.4. The van der Waals surface area contributed by atoms with Crippen LogP contribution in [-0.2, 0) is 5.41 Å². The Morgan fingerprint density at radius 3 is 2.70 bits per heavy atom. The number of aromatic hydroxyl groups is 1. The van der Waals surface area contributed by atoms with Crippen molar-refractivity contribution < 1.29 is 10.2 Å². The van der Waals surface area contributed by atoms with E-state index in [1.165, 1.54) is 0 Å². The molecule has 4 heteroatoms. The summed E-state index contributed by atoms with van der Waals surface area (Å²) in [6.07, 6.45) is 12.9. The van der Waals surface area contributed by atoms with Crippen LogP contribution in [0.15, 0.2) is 64.2 Å². The van der Waals surface area contributed by atoms with Gasteiger partial charge in [-0.2, -0.15) is 0 Å². The second-order valence-corrected chi connectivity index (χ2v) is 10.4. The first-order chi connectivity index (χ1) is 15.6. The molecule has 2 aliphatic carbocycles. The number of rotatable bonds is 6. The van der Waals surface area contributed by atoms with Crippen LogP contribution in [0.4, 0.5) is 0 Å². The van der Waals surface area contributed by atoms with Crippen LogP contribution in [0, 0.1) is 0 Å². The highest BCUT2D eigenvalue weighted by atomic mass is 16.3. The normalized spacial score (nSPS) is 25.5. The Labute approximate surface area is 199 Å². The molecule has 0 heterocycles. The van der Waals surface area contributed by atoms with Gasteiger partial charge < -0.3 is 15.9 Å². The Hall–Kier alpha value is -2.43. The lowest BCUT2D eigenvalue weighted by atomic mass is 9.83. The van der Waals surface area contributed by atoms with Crippen molar-refractivity contribution in [2.24, 2.45) is 10.7 Å². The lowest BCUT2D eigenvalue weighted by Crippen LogP contribution is -2.38. The van der Waals surface area contributed by atoms with Crippen molar-refractivity contribution in [3.8, 4) is 5.75 Å². The number of benzene rings is 1. The highest BCUT2D eigenvalue weighted by molar-refractivity contribution is 5.83. The van der Waals surface area contributed by atoms with Gasteiger partial charge in [-0.1, -0.05) is 65.0 Å². The molecule has 33 heavy (non-hydrogen) atoms. The summed E-state index contributed by atoms with van der Waals surface area (Å²) in [5, 5.41) is 21.8. The summed E-state index contributed by atoms with van der Waals surface area (Å²) < 4.78 is 0. The third-order valence-electron chi connectivity index (χ3n) is 6.60. The van der Waals surface area contributed by atoms with Crippen LogP contribution in [0.3, 0.4) is 0 Å². The Kier molecular flexibility index (Phi) is 8.14. The molecule has 2 aliphatic rings. The number of hydrogen-bond acceptors (Lipinski definition) is 4. The number of unbranched alkanes of at least 4 members (excludes halogenated alkanes) is 1. The van der Waals surface area contributed by atoms with Gasteiger partial charge in [0.15, 0.2) is 0 Å². The summed E-state index contributed by atoms with van der Waals surface area (Å²) >= 11 is 0. The minimum absolute atomic E-state index is 0.0890. The summed E-state index contributed by atoms with van der Waals surface area (Å²) in [6.45, 7) is 12.5. The monoisotopic (exact) mass is 448 g/mol. The van der Waals surface area contributed by atoms with E-state index >= 15 is 0 Å². The predicted molar refractivity (Wildman–Crippen MR) is 140 cm³/mol. The van der Waals surface area contributed by atoms with E-state index in [2.05, 4.69) is 40.3 Å². The molecule has 3 rings (SSSR count). The van der Waals surface area contributed by atoms with E-state index < -0.39 is 6.10 Å². The summed E-state index contributed by atoms with van der Waals surface area (Å²) in [5.41, 5.74) is 11.9. The average Bonchev–Trinajstić information content (AvgIpc) is 2.74. The zero-order chi connectivity index (χ0) is 24.2. The van der Waals surface area contributed by atoms with Crippen molar-refractivity contribution in [2.75, 3.05) is 0 Å². The molecule has 4 N–H and O–H groups in total. The number of nitrogens with two attached hydrogens (primary N) is 1. The average molecular weight is 449 g/mol. The van der Waals surface area contributed by atoms with Gasteiger partial charge in [0.2, 0.25) is 0 Å². The molecule has 0 amide bonds. The zero-order valence-corrected chi connectivity index (χ0v) is 20.6. The van der Waals surface area contributed by atoms with Crippen LogP contribution < -0.4 is 5.73 Å². The molecule has 1 aromatic rings. The summed E-state index contributed by atoms with van der Waals surface area (Å²) in [6, 6.07) is 5.65. The van der Waals surface area contributed by atoms with E-state index in [9.17, 15) is 10.2 Å². The number of aliphatic hydroxyl groups excluding tert-OH is 1. The van der Waals surface area contributed by atoms with E-state index in [-0.39, 0.29) is 17.5 Å². The first-order valence-electron chi connectivity index (χ1n) is 12.2. The van der Waals surface area contributed by atoms with E-state index in [0.29, 0.717) is 5.75 Å². The SMILES string of the molecule is C=C1C=C(/C=N/C2/C(=C/c3cccc(C(C)(C)C)c3O)CCCC2N)C(O)C(CCCC)=C1. The molecule has 0 aromatic heterocycles. The summed E-state index contributed by atoms with van der Waals surface area (Å²) in [5.74, 6) is 0.326. The Balaban J connectivity index is 1.89. The van der Waals surface area contributed by atoms with Crippen LogP contribution in [-0.4, -0.2) is 34.6 Å². The first kappa shape index (κ1) is 25.2. The smallest absolute Gasteiger partial charge is 0.126 e. The van der Waals surface area contributed by atoms with Gasteiger partial charge in [-0.15, -0.1) is 0 Å². The standard InChI is InChI=1S/C29H40N2O2/c1-6-7-10-21-15-19(2)16-23(27(21)32)18-31-26-20(11-9-14-25(26)30)17-22-12-8-13-24(28(22)33)29(3,4)5/h8,12-13,15-18,25-27,32-33H,2,6-7,9-11,14,30H2,1,3-5H3/b20-17+,31-18+. The molecule has 0 aliphatic heterocycles. The maximum absolute atomic E-state index is 10.9. The highest BCUT2D eigenvalue weighted by Gasteiger charge is 2.27. The van der Waals surface area contributed by atoms with Crippen molar-refractivity contribution >= 4 is 12.3 Å².